The van der Waals surface area contributed by atoms with E-state index >= 15 is 0 Å². The summed E-state index contributed by atoms with van der Waals surface area (Å²) >= 11 is 6.07. The Morgan fingerprint density at radius 1 is 1.35 bits per heavy atom. The molecular weight excluding hydrogens is 272 g/mol. The molecule has 0 atom stereocenters. The average molecular weight is 295 g/mol. The van der Waals surface area contributed by atoms with Gasteiger partial charge in [0, 0.05) is 20.3 Å². The van der Waals surface area contributed by atoms with Gasteiger partial charge in [0.15, 0.2) is 0 Å². The van der Waals surface area contributed by atoms with Crippen molar-refractivity contribution in [2.45, 2.75) is 39.6 Å². The van der Waals surface area contributed by atoms with Crippen LogP contribution in [0.3, 0.4) is 0 Å². The van der Waals surface area contributed by atoms with Crippen molar-refractivity contribution in [1.82, 2.24) is 9.55 Å². The molecule has 0 fully saturated rings. The average Bonchev–Trinajstić information content (AvgIpc) is 2.73. The van der Waals surface area contributed by atoms with E-state index in [0.717, 1.165) is 30.9 Å². The second kappa shape index (κ2) is 6.15. The molecule has 2 aromatic rings. The van der Waals surface area contributed by atoms with E-state index in [-0.39, 0.29) is 5.41 Å². The molecule has 0 bridgehead atoms. The van der Waals surface area contributed by atoms with Gasteiger partial charge in [-0.1, -0.05) is 19.9 Å². The molecule has 0 saturated heterocycles. The fourth-order valence-electron chi connectivity index (χ4n) is 2.45. The molecule has 0 unspecified atom stereocenters. The Bertz CT molecular complexity index is 589. The first kappa shape index (κ1) is 15.3. The standard InChI is InChI=1S/C16H23ClN2O/c1-12-5-6-13-14(9-12)19(15(10-17)18-13)11-16(2,3)7-8-20-4/h5-6,9H,7-8,10-11H2,1-4H3. The maximum atomic E-state index is 6.07. The lowest BCUT2D eigenvalue weighted by Crippen LogP contribution is -2.22. The largest absolute Gasteiger partial charge is 0.385 e. The van der Waals surface area contributed by atoms with Crippen LogP contribution in [0.5, 0.6) is 0 Å². The van der Waals surface area contributed by atoms with Crippen molar-refractivity contribution in [2.75, 3.05) is 13.7 Å². The van der Waals surface area contributed by atoms with Gasteiger partial charge < -0.3 is 9.30 Å². The second-order valence-corrected chi connectivity index (χ2v) is 6.41. The van der Waals surface area contributed by atoms with Gasteiger partial charge in [0.05, 0.1) is 16.9 Å². The Labute approximate surface area is 125 Å². The van der Waals surface area contributed by atoms with E-state index in [9.17, 15) is 0 Å². The number of ether oxygens (including phenoxy) is 1. The summed E-state index contributed by atoms with van der Waals surface area (Å²) in [5.74, 6) is 1.38. The Morgan fingerprint density at radius 3 is 2.75 bits per heavy atom. The predicted molar refractivity (Wildman–Crippen MR) is 84.3 cm³/mol. The monoisotopic (exact) mass is 294 g/mol. The number of aryl methyl sites for hydroxylation is 1. The Balaban J connectivity index is 2.38. The first-order chi connectivity index (χ1) is 9.46. The molecule has 0 N–H and O–H groups in total. The third kappa shape index (κ3) is 3.33. The Hall–Kier alpha value is -1.06. The van der Waals surface area contributed by atoms with Crippen molar-refractivity contribution in [1.29, 1.82) is 0 Å². The van der Waals surface area contributed by atoms with Crippen LogP contribution in [0.15, 0.2) is 18.2 Å². The van der Waals surface area contributed by atoms with Gasteiger partial charge in [0.2, 0.25) is 0 Å². The van der Waals surface area contributed by atoms with Crippen LogP contribution in [0.2, 0.25) is 0 Å². The van der Waals surface area contributed by atoms with E-state index in [2.05, 4.69) is 48.5 Å². The summed E-state index contributed by atoms with van der Waals surface area (Å²) in [7, 11) is 1.75. The molecule has 0 aliphatic heterocycles. The number of nitrogens with zero attached hydrogens (tertiary/aromatic N) is 2. The van der Waals surface area contributed by atoms with Crippen LogP contribution >= 0.6 is 11.6 Å². The SMILES string of the molecule is COCCC(C)(C)Cn1c(CCl)nc2ccc(C)cc21. The molecule has 3 nitrogen and oxygen atoms in total. The van der Waals surface area contributed by atoms with Gasteiger partial charge in [-0.15, -0.1) is 11.6 Å². The summed E-state index contributed by atoms with van der Waals surface area (Å²) in [6, 6.07) is 6.35. The smallest absolute Gasteiger partial charge is 0.124 e. The molecule has 0 radical (unpaired) electrons. The van der Waals surface area contributed by atoms with E-state index in [4.69, 9.17) is 16.3 Å². The number of fused-ring (bicyclic) bond motifs is 1. The molecule has 20 heavy (non-hydrogen) atoms. The summed E-state index contributed by atoms with van der Waals surface area (Å²) in [6.07, 6.45) is 1.01. The molecule has 1 aromatic heterocycles. The number of rotatable bonds is 6. The van der Waals surface area contributed by atoms with E-state index in [1.807, 2.05) is 0 Å². The zero-order chi connectivity index (χ0) is 14.8. The van der Waals surface area contributed by atoms with Crippen LogP contribution < -0.4 is 0 Å². The van der Waals surface area contributed by atoms with E-state index < -0.39 is 0 Å². The zero-order valence-electron chi connectivity index (χ0n) is 12.7. The third-order valence-electron chi connectivity index (χ3n) is 3.67. The summed E-state index contributed by atoms with van der Waals surface area (Å²) < 4.78 is 7.46. The van der Waals surface area contributed by atoms with Crippen LogP contribution in [-0.4, -0.2) is 23.3 Å². The molecule has 4 heteroatoms. The minimum Gasteiger partial charge on any atom is -0.385 e. The van der Waals surface area contributed by atoms with Crippen molar-refractivity contribution >= 4 is 22.6 Å². The molecule has 1 aromatic carbocycles. The molecule has 2 rings (SSSR count). The number of alkyl halides is 1. The van der Waals surface area contributed by atoms with E-state index in [1.54, 1.807) is 7.11 Å². The first-order valence-corrected chi connectivity index (χ1v) is 7.51. The highest BCUT2D eigenvalue weighted by atomic mass is 35.5. The van der Waals surface area contributed by atoms with Crippen molar-refractivity contribution in [3.63, 3.8) is 0 Å². The van der Waals surface area contributed by atoms with Crippen LogP contribution in [0.25, 0.3) is 11.0 Å². The number of hydrogen-bond donors (Lipinski definition) is 0. The highest BCUT2D eigenvalue weighted by Gasteiger charge is 2.21. The van der Waals surface area contributed by atoms with Crippen LogP contribution in [-0.2, 0) is 17.2 Å². The number of halogens is 1. The zero-order valence-corrected chi connectivity index (χ0v) is 13.5. The van der Waals surface area contributed by atoms with Crippen molar-refractivity contribution < 1.29 is 4.74 Å². The van der Waals surface area contributed by atoms with Gasteiger partial charge in [0.25, 0.3) is 0 Å². The number of hydrogen-bond acceptors (Lipinski definition) is 2. The summed E-state index contributed by atoms with van der Waals surface area (Å²) in [4.78, 5) is 4.64. The molecule has 0 aliphatic rings. The van der Waals surface area contributed by atoms with Crippen LogP contribution in [0.1, 0.15) is 31.7 Å². The number of imidazole rings is 1. The van der Waals surface area contributed by atoms with Crippen molar-refractivity contribution in [2.24, 2.45) is 5.41 Å². The van der Waals surface area contributed by atoms with Gasteiger partial charge >= 0.3 is 0 Å². The number of aromatic nitrogens is 2. The highest BCUT2D eigenvalue weighted by Crippen LogP contribution is 2.27. The molecular formula is C16H23ClN2O. The van der Waals surface area contributed by atoms with E-state index in [1.165, 1.54) is 11.1 Å². The Kier molecular flexibility index (Phi) is 4.71. The highest BCUT2D eigenvalue weighted by molar-refractivity contribution is 6.16. The molecule has 0 aliphatic carbocycles. The van der Waals surface area contributed by atoms with Crippen molar-refractivity contribution in [3.8, 4) is 0 Å². The summed E-state index contributed by atoms with van der Waals surface area (Å²) in [6.45, 7) is 8.29. The molecule has 1 heterocycles. The first-order valence-electron chi connectivity index (χ1n) is 6.97. The lowest BCUT2D eigenvalue weighted by Gasteiger charge is -2.26. The number of methoxy groups -OCH3 is 1. The minimum absolute atomic E-state index is 0.147. The third-order valence-corrected chi connectivity index (χ3v) is 3.91. The van der Waals surface area contributed by atoms with Gasteiger partial charge in [0.1, 0.15) is 5.82 Å². The lowest BCUT2D eigenvalue weighted by atomic mass is 9.89. The van der Waals surface area contributed by atoms with Gasteiger partial charge in [-0.25, -0.2) is 4.98 Å². The maximum absolute atomic E-state index is 6.07. The molecule has 0 amide bonds. The minimum atomic E-state index is 0.147. The quantitative estimate of drug-likeness (QED) is 0.749. The maximum Gasteiger partial charge on any atom is 0.124 e. The van der Waals surface area contributed by atoms with Crippen molar-refractivity contribution in [3.05, 3.63) is 29.6 Å². The van der Waals surface area contributed by atoms with Gasteiger partial charge in [-0.3, -0.25) is 0 Å². The predicted octanol–water partition coefficient (Wildman–Crippen LogP) is 4.15. The normalized spacial score (nSPS) is 12.2. The second-order valence-electron chi connectivity index (χ2n) is 6.15. The summed E-state index contributed by atoms with van der Waals surface area (Å²) in [5, 5.41) is 0. The topological polar surface area (TPSA) is 27.1 Å². The fourth-order valence-corrected chi connectivity index (χ4v) is 2.65. The molecule has 0 saturated carbocycles. The molecule has 110 valence electrons. The van der Waals surface area contributed by atoms with Gasteiger partial charge in [-0.05, 0) is 36.5 Å². The van der Waals surface area contributed by atoms with Crippen LogP contribution in [0.4, 0.5) is 0 Å². The van der Waals surface area contributed by atoms with Crippen LogP contribution in [0, 0.1) is 12.3 Å². The van der Waals surface area contributed by atoms with Gasteiger partial charge in [-0.2, -0.15) is 0 Å². The molecule has 0 spiro atoms. The Morgan fingerprint density at radius 2 is 2.10 bits per heavy atom. The van der Waals surface area contributed by atoms with E-state index in [0.29, 0.717) is 5.88 Å². The summed E-state index contributed by atoms with van der Waals surface area (Å²) in [5.41, 5.74) is 3.59. The number of benzene rings is 1. The fraction of sp³-hybridized carbons (Fsp3) is 0.562. The lowest BCUT2D eigenvalue weighted by molar-refractivity contribution is 0.143.